The molecule has 0 saturated carbocycles. The Morgan fingerprint density at radius 3 is 2.57 bits per heavy atom. The minimum absolute atomic E-state index is 0.000346. The Labute approximate surface area is 137 Å². The third-order valence-electron chi connectivity index (χ3n) is 4.13. The fourth-order valence-electron chi connectivity index (χ4n) is 2.95. The fraction of sp³-hybridized carbons (Fsp3) is 0.562. The summed E-state index contributed by atoms with van der Waals surface area (Å²) in [5.41, 5.74) is 1.20. The first kappa shape index (κ1) is 17.7. The van der Waals surface area contributed by atoms with Gasteiger partial charge in [0.2, 0.25) is 15.9 Å². The van der Waals surface area contributed by atoms with Gasteiger partial charge in [0, 0.05) is 26.1 Å². The molecule has 1 fully saturated rings. The number of piperidine rings is 1. The molecule has 1 aliphatic heterocycles. The third-order valence-corrected chi connectivity index (χ3v) is 4.86. The number of nitrogens with zero attached hydrogens (tertiary/aromatic N) is 1. The van der Waals surface area contributed by atoms with E-state index in [0.717, 1.165) is 24.8 Å². The van der Waals surface area contributed by atoms with Gasteiger partial charge in [0.15, 0.2) is 0 Å². The van der Waals surface area contributed by atoms with Gasteiger partial charge in [-0.15, -0.1) is 0 Å². The van der Waals surface area contributed by atoms with Crippen molar-refractivity contribution in [2.45, 2.75) is 25.2 Å². The summed E-state index contributed by atoms with van der Waals surface area (Å²) < 4.78 is 29.8. The maximum absolute atomic E-state index is 12.1. The highest BCUT2D eigenvalue weighted by Crippen LogP contribution is 2.34. The number of sulfonamides is 1. The molecule has 6 nitrogen and oxygen atoms in total. The molecule has 2 rings (SSSR count). The SMILES string of the molecule is COc1ccccc1C1CCN(C(=O)CCNS(C)(=O)=O)CC1. The highest BCUT2D eigenvalue weighted by Gasteiger charge is 2.25. The highest BCUT2D eigenvalue weighted by atomic mass is 32.2. The van der Waals surface area contributed by atoms with Crippen LogP contribution in [0.4, 0.5) is 0 Å². The average Bonchev–Trinajstić information content (AvgIpc) is 2.53. The molecule has 0 atom stereocenters. The zero-order valence-corrected chi connectivity index (χ0v) is 14.4. The summed E-state index contributed by atoms with van der Waals surface area (Å²) in [6.07, 6.45) is 3.08. The average molecular weight is 340 g/mol. The molecule has 1 N–H and O–H groups in total. The van der Waals surface area contributed by atoms with Crippen LogP contribution in [0.3, 0.4) is 0 Å². The summed E-state index contributed by atoms with van der Waals surface area (Å²) in [6.45, 7) is 1.55. The maximum atomic E-state index is 12.1. The van der Waals surface area contributed by atoms with Crippen molar-refractivity contribution in [3.8, 4) is 5.75 Å². The van der Waals surface area contributed by atoms with E-state index in [9.17, 15) is 13.2 Å². The lowest BCUT2D eigenvalue weighted by molar-refractivity contribution is -0.132. The molecule has 1 aromatic rings. The van der Waals surface area contributed by atoms with Gasteiger partial charge in [-0.3, -0.25) is 4.79 Å². The molecular weight excluding hydrogens is 316 g/mol. The number of hydrogen-bond acceptors (Lipinski definition) is 4. The molecular formula is C16H24N2O4S. The molecule has 1 amide bonds. The largest absolute Gasteiger partial charge is 0.496 e. The number of hydrogen-bond donors (Lipinski definition) is 1. The molecule has 0 bridgehead atoms. The molecule has 128 valence electrons. The lowest BCUT2D eigenvalue weighted by Gasteiger charge is -2.32. The Morgan fingerprint density at radius 2 is 1.96 bits per heavy atom. The van der Waals surface area contributed by atoms with E-state index >= 15 is 0 Å². The van der Waals surface area contributed by atoms with Crippen LogP contribution >= 0.6 is 0 Å². The van der Waals surface area contributed by atoms with Crippen LogP contribution in [0, 0.1) is 0 Å². The van der Waals surface area contributed by atoms with Gasteiger partial charge < -0.3 is 9.64 Å². The number of para-hydroxylation sites is 1. The van der Waals surface area contributed by atoms with Crippen LogP contribution in [-0.4, -0.2) is 52.2 Å². The van der Waals surface area contributed by atoms with E-state index in [4.69, 9.17) is 4.74 Å². The van der Waals surface area contributed by atoms with E-state index < -0.39 is 10.0 Å². The first-order valence-electron chi connectivity index (χ1n) is 7.76. The van der Waals surface area contributed by atoms with E-state index in [1.807, 2.05) is 23.1 Å². The van der Waals surface area contributed by atoms with Crippen LogP contribution in [0.1, 0.15) is 30.7 Å². The molecule has 0 unspecified atom stereocenters. The van der Waals surface area contributed by atoms with Gasteiger partial charge in [-0.2, -0.15) is 0 Å². The summed E-state index contributed by atoms with van der Waals surface area (Å²) in [4.78, 5) is 13.9. The summed E-state index contributed by atoms with van der Waals surface area (Å²) in [7, 11) is -1.56. The second-order valence-corrected chi connectivity index (χ2v) is 7.65. The topological polar surface area (TPSA) is 75.7 Å². The fourth-order valence-corrected chi connectivity index (χ4v) is 3.42. The maximum Gasteiger partial charge on any atom is 0.223 e. The summed E-state index contributed by atoms with van der Waals surface area (Å²) in [5.74, 6) is 1.29. The number of carbonyl (C=O) groups excluding carboxylic acids is 1. The van der Waals surface area contributed by atoms with E-state index in [2.05, 4.69) is 10.8 Å². The first-order chi connectivity index (χ1) is 10.9. The quantitative estimate of drug-likeness (QED) is 0.848. The van der Waals surface area contributed by atoms with Crippen molar-refractivity contribution >= 4 is 15.9 Å². The van der Waals surface area contributed by atoms with Crippen LogP contribution in [0.5, 0.6) is 5.75 Å². The smallest absolute Gasteiger partial charge is 0.223 e. The van der Waals surface area contributed by atoms with Crippen LogP contribution in [0.25, 0.3) is 0 Å². The Hall–Kier alpha value is -1.60. The van der Waals surface area contributed by atoms with Crippen molar-refractivity contribution in [2.75, 3.05) is 33.0 Å². The number of carbonyl (C=O) groups is 1. The van der Waals surface area contributed by atoms with Gasteiger partial charge in [0.05, 0.1) is 13.4 Å². The van der Waals surface area contributed by atoms with Crippen molar-refractivity contribution in [1.82, 2.24) is 9.62 Å². The van der Waals surface area contributed by atoms with Gasteiger partial charge in [-0.25, -0.2) is 13.1 Å². The molecule has 1 saturated heterocycles. The molecule has 7 heteroatoms. The number of methoxy groups -OCH3 is 1. The second kappa shape index (κ2) is 7.79. The number of ether oxygens (including phenoxy) is 1. The molecule has 1 heterocycles. The van der Waals surface area contributed by atoms with Crippen LogP contribution in [0.2, 0.25) is 0 Å². The monoisotopic (exact) mass is 340 g/mol. The van der Waals surface area contributed by atoms with Gasteiger partial charge in [0.1, 0.15) is 5.75 Å². The first-order valence-corrected chi connectivity index (χ1v) is 9.65. The van der Waals surface area contributed by atoms with Gasteiger partial charge in [0.25, 0.3) is 0 Å². The number of likely N-dealkylation sites (tertiary alicyclic amines) is 1. The van der Waals surface area contributed by atoms with Gasteiger partial charge in [-0.1, -0.05) is 18.2 Å². The Bertz CT molecular complexity index is 637. The number of amides is 1. The van der Waals surface area contributed by atoms with Crippen LogP contribution in [-0.2, 0) is 14.8 Å². The predicted octanol–water partition coefficient (Wildman–Crippen LogP) is 1.34. The molecule has 1 aliphatic rings. The lowest BCUT2D eigenvalue weighted by Crippen LogP contribution is -2.39. The number of rotatable bonds is 6. The minimum atomic E-state index is -3.24. The van der Waals surface area contributed by atoms with Crippen molar-refractivity contribution < 1.29 is 17.9 Å². The highest BCUT2D eigenvalue weighted by molar-refractivity contribution is 7.88. The molecule has 0 radical (unpaired) electrons. The number of benzene rings is 1. The number of nitrogens with one attached hydrogen (secondary N) is 1. The molecule has 0 aliphatic carbocycles. The molecule has 0 aromatic heterocycles. The Morgan fingerprint density at radius 1 is 1.30 bits per heavy atom. The molecule has 23 heavy (non-hydrogen) atoms. The van der Waals surface area contributed by atoms with Crippen molar-refractivity contribution in [3.63, 3.8) is 0 Å². The van der Waals surface area contributed by atoms with Crippen LogP contribution < -0.4 is 9.46 Å². The van der Waals surface area contributed by atoms with Gasteiger partial charge >= 0.3 is 0 Å². The van der Waals surface area contributed by atoms with Crippen molar-refractivity contribution in [3.05, 3.63) is 29.8 Å². The predicted molar refractivity (Wildman–Crippen MR) is 89.0 cm³/mol. The second-order valence-electron chi connectivity index (χ2n) is 5.81. The Balaban J connectivity index is 1.85. The molecule has 1 aromatic carbocycles. The lowest BCUT2D eigenvalue weighted by atomic mass is 9.88. The minimum Gasteiger partial charge on any atom is -0.496 e. The van der Waals surface area contributed by atoms with E-state index in [1.165, 1.54) is 5.56 Å². The van der Waals surface area contributed by atoms with E-state index in [-0.39, 0.29) is 18.9 Å². The normalized spacial score (nSPS) is 16.3. The van der Waals surface area contributed by atoms with Crippen LogP contribution in [0.15, 0.2) is 24.3 Å². The third kappa shape index (κ3) is 5.21. The summed E-state index contributed by atoms with van der Waals surface area (Å²) >= 11 is 0. The summed E-state index contributed by atoms with van der Waals surface area (Å²) in [5, 5.41) is 0. The molecule has 0 spiro atoms. The van der Waals surface area contributed by atoms with E-state index in [0.29, 0.717) is 19.0 Å². The van der Waals surface area contributed by atoms with Crippen molar-refractivity contribution in [1.29, 1.82) is 0 Å². The van der Waals surface area contributed by atoms with E-state index in [1.54, 1.807) is 7.11 Å². The summed E-state index contributed by atoms with van der Waals surface area (Å²) in [6, 6.07) is 8.00. The van der Waals surface area contributed by atoms with Gasteiger partial charge in [-0.05, 0) is 30.4 Å². The van der Waals surface area contributed by atoms with Crippen molar-refractivity contribution in [2.24, 2.45) is 0 Å². The Kier molecular flexibility index (Phi) is 6.01. The zero-order valence-electron chi connectivity index (χ0n) is 13.6. The zero-order chi connectivity index (χ0) is 16.9. The standard InChI is InChI=1S/C16H24N2O4S/c1-22-15-6-4-3-5-14(15)13-8-11-18(12-9-13)16(19)7-10-17-23(2,20)21/h3-6,13,17H,7-12H2,1-2H3.